The van der Waals surface area contributed by atoms with Crippen LogP contribution in [0.25, 0.3) is 11.5 Å². The standard InChI is InChI=1S/C20H21ClFN7O4S/c1-11-10-29(34(31,32)8-6-16(30)24-20-28-27-12(2)33-20)7-5-14(11)17-18(21)26-19(25-17)15-4-3-13(22)9-23-15/h3-4,6,8-9,11,14H,5,7,10H2,1-2H3,(H,25,26)(H,24,28,30)/t11-,14+/m0/s1. The van der Waals surface area contributed by atoms with Crippen LogP contribution in [-0.2, 0) is 14.8 Å². The normalized spacial score (nSPS) is 19.5. The number of amides is 1. The van der Waals surface area contributed by atoms with Gasteiger partial charge in [0.1, 0.15) is 11.5 Å². The van der Waals surface area contributed by atoms with Crippen molar-refractivity contribution in [3.8, 4) is 11.5 Å². The SMILES string of the molecule is Cc1nnc(NC(=O)C=CS(=O)(=O)N2CC[C@@H](c3[nH]c(-c4ccc(F)cn4)nc3Cl)[C@@H](C)C2)o1. The van der Waals surface area contributed by atoms with E-state index in [1.54, 1.807) is 6.92 Å². The highest BCUT2D eigenvalue weighted by Gasteiger charge is 2.34. The third-order valence-corrected chi connectivity index (χ3v) is 7.22. The summed E-state index contributed by atoms with van der Waals surface area (Å²) >= 11 is 6.35. The van der Waals surface area contributed by atoms with Crippen molar-refractivity contribution in [1.82, 2.24) is 29.5 Å². The third kappa shape index (κ3) is 5.32. The number of nitrogens with one attached hydrogen (secondary N) is 2. The number of imidazole rings is 1. The van der Waals surface area contributed by atoms with Crippen LogP contribution in [0.1, 0.15) is 30.8 Å². The van der Waals surface area contributed by atoms with E-state index in [0.717, 1.165) is 17.7 Å². The minimum absolute atomic E-state index is 0.0753. The number of nitrogens with zero attached hydrogens (tertiary/aromatic N) is 5. The number of halogens is 2. The van der Waals surface area contributed by atoms with Crippen molar-refractivity contribution in [1.29, 1.82) is 0 Å². The van der Waals surface area contributed by atoms with E-state index in [-0.39, 0.29) is 42.0 Å². The molecule has 0 aromatic carbocycles. The summed E-state index contributed by atoms with van der Waals surface area (Å²) in [6, 6.07) is 2.65. The number of hydrogen-bond acceptors (Lipinski definition) is 8. The largest absolute Gasteiger partial charge is 0.408 e. The summed E-state index contributed by atoms with van der Waals surface area (Å²) in [7, 11) is -3.84. The molecule has 3 aromatic heterocycles. The van der Waals surface area contributed by atoms with Gasteiger partial charge in [0.25, 0.3) is 5.91 Å². The van der Waals surface area contributed by atoms with Crippen LogP contribution in [0.5, 0.6) is 0 Å². The van der Waals surface area contributed by atoms with Gasteiger partial charge in [0.15, 0.2) is 11.0 Å². The predicted octanol–water partition coefficient (Wildman–Crippen LogP) is 2.86. The topological polar surface area (TPSA) is 147 Å². The highest BCUT2D eigenvalue weighted by Crippen LogP contribution is 2.37. The van der Waals surface area contributed by atoms with Crippen molar-refractivity contribution in [3.05, 3.63) is 52.4 Å². The Balaban J connectivity index is 1.41. The van der Waals surface area contributed by atoms with E-state index in [9.17, 15) is 17.6 Å². The molecule has 0 aliphatic carbocycles. The number of aryl methyl sites for hydroxylation is 1. The van der Waals surface area contributed by atoms with Crippen LogP contribution in [0.2, 0.25) is 5.15 Å². The Morgan fingerprint density at radius 2 is 2.18 bits per heavy atom. The first-order valence-electron chi connectivity index (χ1n) is 10.3. The minimum Gasteiger partial charge on any atom is -0.408 e. The molecule has 180 valence electrons. The van der Waals surface area contributed by atoms with Crippen molar-refractivity contribution in [3.63, 3.8) is 0 Å². The molecule has 0 bridgehead atoms. The molecule has 14 heteroatoms. The Morgan fingerprint density at radius 3 is 2.82 bits per heavy atom. The molecule has 2 atom stereocenters. The lowest BCUT2D eigenvalue weighted by atomic mass is 9.86. The number of aromatic nitrogens is 5. The fourth-order valence-electron chi connectivity index (χ4n) is 3.74. The number of piperidine rings is 1. The number of carbonyl (C=O) groups is 1. The Hall–Kier alpha value is -3.16. The van der Waals surface area contributed by atoms with Gasteiger partial charge in [-0.15, -0.1) is 5.10 Å². The second-order valence-electron chi connectivity index (χ2n) is 7.85. The number of aromatic amines is 1. The lowest BCUT2D eigenvalue weighted by molar-refractivity contribution is -0.112. The van der Waals surface area contributed by atoms with Crippen LogP contribution in [0.3, 0.4) is 0 Å². The van der Waals surface area contributed by atoms with Gasteiger partial charge in [-0.1, -0.05) is 23.6 Å². The molecule has 0 unspecified atom stereocenters. The first-order chi connectivity index (χ1) is 16.1. The van der Waals surface area contributed by atoms with E-state index in [1.807, 2.05) is 6.92 Å². The second kappa shape index (κ2) is 9.60. The van der Waals surface area contributed by atoms with Crippen molar-refractivity contribution < 1.29 is 22.0 Å². The molecule has 11 nitrogen and oxygen atoms in total. The molecule has 4 rings (SSSR count). The summed E-state index contributed by atoms with van der Waals surface area (Å²) in [6.45, 7) is 3.92. The molecule has 0 radical (unpaired) electrons. The average molecular weight is 510 g/mol. The number of H-pyrrole nitrogens is 1. The molecule has 1 fully saturated rings. The molecule has 4 heterocycles. The maximum absolute atomic E-state index is 13.2. The molecule has 1 saturated heterocycles. The first-order valence-corrected chi connectivity index (χ1v) is 12.2. The number of sulfonamides is 1. The van der Waals surface area contributed by atoms with E-state index in [0.29, 0.717) is 23.6 Å². The maximum atomic E-state index is 13.2. The van der Waals surface area contributed by atoms with Gasteiger partial charge in [-0.25, -0.2) is 22.8 Å². The highest BCUT2D eigenvalue weighted by molar-refractivity contribution is 7.92. The summed E-state index contributed by atoms with van der Waals surface area (Å²) in [5.41, 5.74) is 1.12. The smallest absolute Gasteiger partial charge is 0.322 e. The second-order valence-corrected chi connectivity index (χ2v) is 10.0. The quantitative estimate of drug-likeness (QED) is 0.482. The van der Waals surface area contributed by atoms with E-state index >= 15 is 0 Å². The fourth-order valence-corrected chi connectivity index (χ4v) is 5.29. The minimum atomic E-state index is -3.84. The molecule has 3 aromatic rings. The zero-order valence-corrected chi connectivity index (χ0v) is 19.8. The van der Waals surface area contributed by atoms with Crippen LogP contribution in [-0.4, -0.2) is 56.9 Å². The summed E-state index contributed by atoms with van der Waals surface area (Å²) < 4.78 is 45.0. The van der Waals surface area contributed by atoms with Crippen molar-refractivity contribution >= 4 is 33.5 Å². The molecule has 1 aliphatic heterocycles. The lowest BCUT2D eigenvalue weighted by Gasteiger charge is -2.35. The highest BCUT2D eigenvalue weighted by atomic mass is 35.5. The molecule has 2 N–H and O–H groups in total. The van der Waals surface area contributed by atoms with Gasteiger partial charge in [-0.05, 0) is 24.5 Å². The number of carbonyl (C=O) groups excluding carboxylic acids is 1. The monoisotopic (exact) mass is 509 g/mol. The summed E-state index contributed by atoms with van der Waals surface area (Å²) in [5.74, 6) is -0.663. The van der Waals surface area contributed by atoms with Crippen molar-refractivity contribution in [2.24, 2.45) is 5.92 Å². The van der Waals surface area contributed by atoms with E-state index < -0.39 is 21.7 Å². The summed E-state index contributed by atoms with van der Waals surface area (Å²) in [5, 5.41) is 10.6. The number of pyridine rings is 1. The van der Waals surface area contributed by atoms with Gasteiger partial charge in [-0.2, -0.15) is 4.31 Å². The predicted molar refractivity (Wildman–Crippen MR) is 121 cm³/mol. The Bertz CT molecular complexity index is 1320. The molecule has 1 amide bonds. The molecule has 0 spiro atoms. The Kier molecular flexibility index (Phi) is 6.77. The van der Waals surface area contributed by atoms with E-state index in [1.165, 1.54) is 16.4 Å². The van der Waals surface area contributed by atoms with Gasteiger partial charge in [-0.3, -0.25) is 10.1 Å². The van der Waals surface area contributed by atoms with Gasteiger partial charge in [0, 0.05) is 32.0 Å². The number of hydrogen-bond donors (Lipinski definition) is 2. The van der Waals surface area contributed by atoms with Crippen LogP contribution >= 0.6 is 11.6 Å². The number of rotatable bonds is 6. The maximum Gasteiger partial charge on any atom is 0.322 e. The van der Waals surface area contributed by atoms with Crippen LogP contribution in [0, 0.1) is 18.7 Å². The zero-order chi connectivity index (χ0) is 24.5. The van der Waals surface area contributed by atoms with Crippen LogP contribution in [0.15, 0.2) is 34.2 Å². The first kappa shape index (κ1) is 24.0. The fraction of sp³-hybridized carbons (Fsp3) is 0.350. The molecule has 34 heavy (non-hydrogen) atoms. The number of anilines is 1. The van der Waals surface area contributed by atoms with Crippen LogP contribution < -0.4 is 5.32 Å². The average Bonchev–Trinajstić information content (AvgIpc) is 3.38. The van der Waals surface area contributed by atoms with Crippen LogP contribution in [0.4, 0.5) is 10.4 Å². The van der Waals surface area contributed by atoms with Crippen molar-refractivity contribution in [2.75, 3.05) is 18.4 Å². The summed E-state index contributed by atoms with van der Waals surface area (Å²) in [4.78, 5) is 23.4. The molecule has 1 aliphatic rings. The van der Waals surface area contributed by atoms with E-state index in [2.05, 4.69) is 30.5 Å². The van der Waals surface area contributed by atoms with E-state index in [4.69, 9.17) is 16.0 Å². The van der Waals surface area contributed by atoms with Gasteiger partial charge in [0.2, 0.25) is 15.9 Å². The molecular weight excluding hydrogens is 489 g/mol. The van der Waals surface area contributed by atoms with Crippen molar-refractivity contribution in [2.45, 2.75) is 26.2 Å². The summed E-state index contributed by atoms with van der Waals surface area (Å²) in [6.07, 6.45) is 2.48. The molecule has 0 saturated carbocycles. The Labute approximate surface area is 199 Å². The Morgan fingerprint density at radius 1 is 1.38 bits per heavy atom. The van der Waals surface area contributed by atoms with Gasteiger partial charge < -0.3 is 9.40 Å². The van der Waals surface area contributed by atoms with Gasteiger partial charge in [0.05, 0.1) is 17.3 Å². The lowest BCUT2D eigenvalue weighted by Crippen LogP contribution is -2.41. The molecular formula is C20H21ClFN7O4S. The third-order valence-electron chi connectivity index (χ3n) is 5.40. The van der Waals surface area contributed by atoms with Gasteiger partial charge >= 0.3 is 6.01 Å². The zero-order valence-electron chi connectivity index (χ0n) is 18.2.